The maximum Gasteiger partial charge on any atom is 0.0700 e. The third-order valence-electron chi connectivity index (χ3n) is 4.81. The van der Waals surface area contributed by atoms with Crippen molar-refractivity contribution in [3.8, 4) is 0 Å². The molecule has 0 aromatic heterocycles. The Bertz CT molecular complexity index is 235. The van der Waals surface area contributed by atoms with E-state index in [1.165, 1.54) is 51.5 Å². The van der Waals surface area contributed by atoms with E-state index in [0.29, 0.717) is 12.1 Å². The Labute approximate surface area is 119 Å². The van der Waals surface area contributed by atoms with Crippen molar-refractivity contribution >= 4 is 0 Å². The molecule has 3 nitrogen and oxygen atoms in total. The van der Waals surface area contributed by atoms with Gasteiger partial charge in [-0.05, 0) is 39.2 Å². The van der Waals surface area contributed by atoms with Crippen molar-refractivity contribution in [1.29, 1.82) is 0 Å². The zero-order valence-corrected chi connectivity index (χ0v) is 12.9. The monoisotopic (exact) mass is 268 g/mol. The van der Waals surface area contributed by atoms with Gasteiger partial charge in [-0.15, -0.1) is 0 Å². The SMILES string of the molecule is CCN(C(C)CNCC1CCCO1)C1CCCCC1. The Balaban J connectivity index is 1.68. The number of nitrogens with one attached hydrogen (secondary N) is 1. The van der Waals surface area contributed by atoms with Crippen LogP contribution in [0.15, 0.2) is 0 Å². The van der Waals surface area contributed by atoms with Crippen molar-refractivity contribution in [2.24, 2.45) is 0 Å². The molecule has 1 aliphatic heterocycles. The second-order valence-corrected chi connectivity index (χ2v) is 6.26. The van der Waals surface area contributed by atoms with E-state index >= 15 is 0 Å². The lowest BCUT2D eigenvalue weighted by atomic mass is 9.93. The minimum atomic E-state index is 0.469. The Morgan fingerprint density at radius 2 is 1.95 bits per heavy atom. The maximum atomic E-state index is 5.66. The van der Waals surface area contributed by atoms with Crippen molar-refractivity contribution in [3.63, 3.8) is 0 Å². The molecule has 0 amide bonds. The van der Waals surface area contributed by atoms with Gasteiger partial charge >= 0.3 is 0 Å². The van der Waals surface area contributed by atoms with Gasteiger partial charge in [0.05, 0.1) is 6.10 Å². The molecular formula is C16H32N2O. The van der Waals surface area contributed by atoms with Gasteiger partial charge in [-0.25, -0.2) is 0 Å². The summed E-state index contributed by atoms with van der Waals surface area (Å²) in [7, 11) is 0. The first-order valence-electron chi connectivity index (χ1n) is 8.39. The maximum absolute atomic E-state index is 5.66. The minimum absolute atomic E-state index is 0.469. The predicted molar refractivity (Wildman–Crippen MR) is 80.6 cm³/mol. The van der Waals surface area contributed by atoms with Crippen LogP contribution in [0.1, 0.15) is 58.8 Å². The molecule has 2 atom stereocenters. The van der Waals surface area contributed by atoms with Crippen molar-refractivity contribution in [2.45, 2.75) is 77.0 Å². The van der Waals surface area contributed by atoms with E-state index in [9.17, 15) is 0 Å². The number of ether oxygens (including phenoxy) is 1. The summed E-state index contributed by atoms with van der Waals surface area (Å²) >= 11 is 0. The smallest absolute Gasteiger partial charge is 0.0700 e. The number of hydrogen-bond donors (Lipinski definition) is 1. The standard InChI is InChI=1S/C16H32N2O/c1-3-18(15-8-5-4-6-9-15)14(2)12-17-13-16-10-7-11-19-16/h14-17H,3-13H2,1-2H3. The van der Waals surface area contributed by atoms with E-state index in [1.54, 1.807) is 0 Å². The number of hydrogen-bond acceptors (Lipinski definition) is 3. The van der Waals surface area contributed by atoms with Crippen LogP contribution in [0.4, 0.5) is 0 Å². The summed E-state index contributed by atoms with van der Waals surface area (Å²) in [6.07, 6.45) is 10.1. The van der Waals surface area contributed by atoms with Gasteiger partial charge in [0.2, 0.25) is 0 Å². The van der Waals surface area contributed by atoms with Crippen molar-refractivity contribution in [3.05, 3.63) is 0 Å². The highest BCUT2D eigenvalue weighted by molar-refractivity contribution is 4.80. The first-order chi connectivity index (χ1) is 9.31. The lowest BCUT2D eigenvalue weighted by molar-refractivity contribution is 0.0974. The van der Waals surface area contributed by atoms with E-state index in [-0.39, 0.29) is 0 Å². The first kappa shape index (κ1) is 15.3. The van der Waals surface area contributed by atoms with Crippen LogP contribution in [0.3, 0.4) is 0 Å². The summed E-state index contributed by atoms with van der Waals surface area (Å²) in [5, 5.41) is 3.61. The molecule has 2 unspecified atom stereocenters. The fourth-order valence-corrected chi connectivity index (χ4v) is 3.72. The molecule has 0 bridgehead atoms. The van der Waals surface area contributed by atoms with Crippen LogP contribution < -0.4 is 5.32 Å². The molecule has 0 radical (unpaired) electrons. The number of likely N-dealkylation sites (N-methyl/N-ethyl adjacent to an activating group) is 1. The summed E-state index contributed by atoms with van der Waals surface area (Å²) in [6.45, 7) is 8.97. The van der Waals surface area contributed by atoms with Gasteiger partial charge in [0, 0.05) is 31.8 Å². The minimum Gasteiger partial charge on any atom is -0.377 e. The predicted octanol–water partition coefficient (Wildman–Crippen LogP) is 2.80. The highest BCUT2D eigenvalue weighted by atomic mass is 16.5. The highest BCUT2D eigenvalue weighted by Gasteiger charge is 2.24. The summed E-state index contributed by atoms with van der Waals surface area (Å²) in [6, 6.07) is 1.48. The van der Waals surface area contributed by atoms with E-state index in [4.69, 9.17) is 4.74 Å². The van der Waals surface area contributed by atoms with Gasteiger partial charge in [0.25, 0.3) is 0 Å². The second kappa shape index (κ2) is 8.23. The molecule has 0 aromatic carbocycles. The zero-order chi connectivity index (χ0) is 13.5. The molecule has 0 spiro atoms. The van der Waals surface area contributed by atoms with Crippen molar-refractivity contribution < 1.29 is 4.74 Å². The third kappa shape index (κ3) is 4.73. The average molecular weight is 268 g/mol. The van der Waals surface area contributed by atoms with Crippen LogP contribution in [0, 0.1) is 0 Å². The van der Waals surface area contributed by atoms with Crippen LogP contribution >= 0.6 is 0 Å². The lowest BCUT2D eigenvalue weighted by Crippen LogP contribution is -2.47. The normalized spacial score (nSPS) is 27.0. The van der Waals surface area contributed by atoms with Gasteiger partial charge in [-0.2, -0.15) is 0 Å². The molecule has 112 valence electrons. The molecule has 19 heavy (non-hydrogen) atoms. The molecule has 2 rings (SSSR count). The van der Waals surface area contributed by atoms with Gasteiger partial charge in [0.1, 0.15) is 0 Å². The van der Waals surface area contributed by atoms with E-state index in [0.717, 1.165) is 25.7 Å². The summed E-state index contributed by atoms with van der Waals surface area (Å²) < 4.78 is 5.66. The van der Waals surface area contributed by atoms with E-state index in [2.05, 4.69) is 24.1 Å². The van der Waals surface area contributed by atoms with Crippen LogP contribution in [-0.4, -0.2) is 49.3 Å². The van der Waals surface area contributed by atoms with Crippen LogP contribution in [0.25, 0.3) is 0 Å². The van der Waals surface area contributed by atoms with Crippen LogP contribution in [-0.2, 0) is 4.74 Å². The number of rotatable bonds is 7. The lowest BCUT2D eigenvalue weighted by Gasteiger charge is -2.38. The molecular weight excluding hydrogens is 236 g/mol. The zero-order valence-electron chi connectivity index (χ0n) is 12.9. The second-order valence-electron chi connectivity index (χ2n) is 6.26. The molecule has 0 aromatic rings. The average Bonchev–Trinajstić information content (AvgIpc) is 2.94. The Kier molecular flexibility index (Phi) is 6.62. The molecule has 1 N–H and O–H groups in total. The van der Waals surface area contributed by atoms with E-state index in [1.807, 2.05) is 0 Å². The fraction of sp³-hybridized carbons (Fsp3) is 1.00. The molecule has 1 heterocycles. The summed E-state index contributed by atoms with van der Waals surface area (Å²) in [4.78, 5) is 2.71. The van der Waals surface area contributed by atoms with Crippen molar-refractivity contribution in [1.82, 2.24) is 10.2 Å². The summed E-state index contributed by atoms with van der Waals surface area (Å²) in [5.74, 6) is 0. The molecule has 2 fully saturated rings. The largest absolute Gasteiger partial charge is 0.377 e. The van der Waals surface area contributed by atoms with Gasteiger partial charge in [-0.1, -0.05) is 26.2 Å². The molecule has 1 saturated heterocycles. The van der Waals surface area contributed by atoms with Gasteiger partial charge < -0.3 is 10.1 Å². The molecule has 3 heteroatoms. The Morgan fingerprint density at radius 1 is 1.16 bits per heavy atom. The first-order valence-corrected chi connectivity index (χ1v) is 8.39. The fourth-order valence-electron chi connectivity index (χ4n) is 3.72. The Hall–Kier alpha value is -0.120. The molecule has 1 aliphatic carbocycles. The number of nitrogens with zero attached hydrogens (tertiary/aromatic N) is 1. The molecule has 1 saturated carbocycles. The quantitative estimate of drug-likeness (QED) is 0.768. The van der Waals surface area contributed by atoms with Crippen LogP contribution in [0.5, 0.6) is 0 Å². The third-order valence-corrected chi connectivity index (χ3v) is 4.81. The van der Waals surface area contributed by atoms with Gasteiger partial charge in [0.15, 0.2) is 0 Å². The highest BCUT2D eigenvalue weighted by Crippen LogP contribution is 2.23. The van der Waals surface area contributed by atoms with Gasteiger partial charge in [-0.3, -0.25) is 4.90 Å². The topological polar surface area (TPSA) is 24.5 Å². The molecule has 2 aliphatic rings. The van der Waals surface area contributed by atoms with E-state index < -0.39 is 0 Å². The summed E-state index contributed by atoms with van der Waals surface area (Å²) in [5.41, 5.74) is 0. The van der Waals surface area contributed by atoms with Crippen LogP contribution in [0.2, 0.25) is 0 Å². The Morgan fingerprint density at radius 3 is 2.58 bits per heavy atom. The van der Waals surface area contributed by atoms with Crippen molar-refractivity contribution in [2.75, 3.05) is 26.2 Å².